The number of hydrogen-bond donors (Lipinski definition) is 1. The van der Waals surface area contributed by atoms with Gasteiger partial charge >= 0.3 is 0 Å². The zero-order valence-corrected chi connectivity index (χ0v) is 8.15. The van der Waals surface area contributed by atoms with Crippen molar-refractivity contribution < 1.29 is 0 Å². The maximum Gasteiger partial charge on any atom is 0.258 e. The molecule has 68 valence electrons. The first-order valence-corrected chi connectivity index (χ1v) is 5.13. The maximum absolute atomic E-state index is 11.5. The predicted molar refractivity (Wildman–Crippen MR) is 54.9 cm³/mol. The van der Waals surface area contributed by atoms with E-state index in [1.807, 2.05) is 13.0 Å². The minimum absolute atomic E-state index is 0.0341. The van der Waals surface area contributed by atoms with Crippen molar-refractivity contribution in [1.82, 2.24) is 4.98 Å². The molecule has 1 N–H and O–H groups in total. The minimum Gasteiger partial charge on any atom is -0.328 e. The Hall–Kier alpha value is -1.03. The first-order chi connectivity index (χ1) is 6.29. The van der Waals surface area contributed by atoms with Gasteiger partial charge in [-0.3, -0.25) is 9.79 Å². The van der Waals surface area contributed by atoms with E-state index in [0.717, 1.165) is 28.5 Å². The first kappa shape index (κ1) is 8.56. The average molecular weight is 194 g/mol. The van der Waals surface area contributed by atoms with Crippen molar-refractivity contribution in [3.8, 4) is 0 Å². The molecule has 0 aromatic carbocycles. The van der Waals surface area contributed by atoms with Crippen molar-refractivity contribution in [2.75, 3.05) is 12.3 Å². The van der Waals surface area contributed by atoms with Gasteiger partial charge in [0.1, 0.15) is 0 Å². The Morgan fingerprint density at radius 2 is 2.46 bits per heavy atom. The van der Waals surface area contributed by atoms with E-state index in [9.17, 15) is 4.79 Å². The van der Waals surface area contributed by atoms with Crippen LogP contribution in [0.3, 0.4) is 0 Å². The van der Waals surface area contributed by atoms with Crippen LogP contribution >= 0.6 is 11.8 Å². The largest absolute Gasteiger partial charge is 0.328 e. The molecule has 0 radical (unpaired) electrons. The lowest BCUT2D eigenvalue weighted by Crippen LogP contribution is -2.16. The van der Waals surface area contributed by atoms with E-state index in [0.29, 0.717) is 0 Å². The highest BCUT2D eigenvalue weighted by Gasteiger charge is 2.12. The highest BCUT2D eigenvalue weighted by atomic mass is 32.2. The van der Waals surface area contributed by atoms with Crippen LogP contribution in [-0.2, 0) is 0 Å². The van der Waals surface area contributed by atoms with Crippen molar-refractivity contribution in [1.29, 1.82) is 0 Å². The van der Waals surface area contributed by atoms with Crippen molar-refractivity contribution in [2.24, 2.45) is 4.99 Å². The van der Waals surface area contributed by atoms with Crippen LogP contribution in [0, 0.1) is 0 Å². The van der Waals surface area contributed by atoms with Crippen molar-refractivity contribution in [3.05, 3.63) is 28.2 Å². The van der Waals surface area contributed by atoms with E-state index in [2.05, 4.69) is 9.98 Å². The van der Waals surface area contributed by atoms with Crippen molar-refractivity contribution >= 4 is 17.5 Å². The fourth-order valence-electron chi connectivity index (χ4n) is 1.37. The van der Waals surface area contributed by atoms with E-state index in [1.54, 1.807) is 18.0 Å². The summed E-state index contributed by atoms with van der Waals surface area (Å²) in [6.45, 7) is 2.69. The Morgan fingerprint density at radius 3 is 3.31 bits per heavy atom. The molecular weight excluding hydrogens is 184 g/mol. The second-order valence-electron chi connectivity index (χ2n) is 2.86. The van der Waals surface area contributed by atoms with Crippen LogP contribution < -0.4 is 5.56 Å². The van der Waals surface area contributed by atoms with Crippen LogP contribution in [0.2, 0.25) is 0 Å². The summed E-state index contributed by atoms with van der Waals surface area (Å²) >= 11 is 1.69. The van der Waals surface area contributed by atoms with E-state index in [1.165, 1.54) is 0 Å². The number of thioether (sulfide) groups is 1. The molecule has 1 aromatic rings. The molecule has 0 unspecified atom stereocenters. The molecule has 1 aliphatic rings. The van der Waals surface area contributed by atoms with Gasteiger partial charge in [0.15, 0.2) is 0 Å². The van der Waals surface area contributed by atoms with E-state index in [4.69, 9.17) is 0 Å². The van der Waals surface area contributed by atoms with Crippen LogP contribution in [-0.4, -0.2) is 23.0 Å². The van der Waals surface area contributed by atoms with Crippen LogP contribution in [0.1, 0.15) is 12.5 Å². The number of rotatable bonds is 0. The Morgan fingerprint density at radius 1 is 1.62 bits per heavy atom. The van der Waals surface area contributed by atoms with Gasteiger partial charge in [0.2, 0.25) is 0 Å². The summed E-state index contributed by atoms with van der Waals surface area (Å²) in [6, 6.07) is 1.94. The Kier molecular flexibility index (Phi) is 2.22. The second kappa shape index (κ2) is 3.38. The van der Waals surface area contributed by atoms with Gasteiger partial charge < -0.3 is 4.98 Å². The number of fused-ring (bicyclic) bond motifs is 1. The third-order valence-corrected chi connectivity index (χ3v) is 3.02. The summed E-state index contributed by atoms with van der Waals surface area (Å²) in [7, 11) is 0. The topological polar surface area (TPSA) is 45.2 Å². The molecule has 3 nitrogen and oxygen atoms in total. The lowest BCUT2D eigenvalue weighted by atomic mass is 10.2. The van der Waals surface area contributed by atoms with Crippen LogP contribution in [0.25, 0.3) is 0 Å². The van der Waals surface area contributed by atoms with E-state index in [-0.39, 0.29) is 5.56 Å². The van der Waals surface area contributed by atoms with Crippen molar-refractivity contribution in [3.63, 3.8) is 0 Å². The number of H-pyrrole nitrogens is 1. The summed E-state index contributed by atoms with van der Waals surface area (Å²) in [5, 5.41) is 0. The van der Waals surface area contributed by atoms with Gasteiger partial charge in [0.25, 0.3) is 5.56 Å². The van der Waals surface area contributed by atoms with Gasteiger partial charge in [-0.25, -0.2) is 0 Å². The van der Waals surface area contributed by atoms with E-state index < -0.39 is 0 Å². The Labute approximate surface area is 80.3 Å². The summed E-state index contributed by atoms with van der Waals surface area (Å²) < 4.78 is 0. The molecule has 13 heavy (non-hydrogen) atoms. The fraction of sp³-hybridized carbons (Fsp3) is 0.333. The highest BCUT2D eigenvalue weighted by molar-refractivity contribution is 7.99. The zero-order valence-electron chi connectivity index (χ0n) is 7.33. The first-order valence-electron chi connectivity index (χ1n) is 4.15. The lowest BCUT2D eigenvalue weighted by Gasteiger charge is -2.02. The lowest BCUT2D eigenvalue weighted by molar-refractivity contribution is 1.14. The number of nitrogens with zero attached hydrogens (tertiary/aromatic N) is 1. The molecule has 1 aliphatic heterocycles. The third kappa shape index (κ3) is 1.54. The van der Waals surface area contributed by atoms with Crippen LogP contribution in [0.5, 0.6) is 0 Å². The van der Waals surface area contributed by atoms with Crippen molar-refractivity contribution in [2.45, 2.75) is 11.8 Å². The molecule has 0 aliphatic carbocycles. The van der Waals surface area contributed by atoms with E-state index >= 15 is 0 Å². The second-order valence-corrected chi connectivity index (χ2v) is 4.00. The summed E-state index contributed by atoms with van der Waals surface area (Å²) in [4.78, 5) is 19.5. The number of aromatic nitrogens is 1. The molecule has 0 saturated carbocycles. The molecular formula is C9H10N2OS. The molecule has 2 heterocycles. The molecule has 4 heteroatoms. The fourth-order valence-corrected chi connectivity index (χ4v) is 2.32. The standard InChI is InChI=1S/C9H10N2OS/c1-6-8-7(13-5-4-10-6)2-3-11-9(8)12/h2-3H,4-5H2,1H3,(H,11,12). The highest BCUT2D eigenvalue weighted by Crippen LogP contribution is 2.22. The molecule has 1 aromatic heterocycles. The van der Waals surface area contributed by atoms with Gasteiger partial charge in [-0.1, -0.05) is 0 Å². The molecule has 0 fully saturated rings. The number of aliphatic imine (C=N–C) groups is 1. The zero-order chi connectivity index (χ0) is 9.26. The molecule has 2 rings (SSSR count). The minimum atomic E-state index is -0.0341. The quantitative estimate of drug-likeness (QED) is 0.676. The van der Waals surface area contributed by atoms with Crippen LogP contribution in [0.15, 0.2) is 26.9 Å². The average Bonchev–Trinajstić information content (AvgIpc) is 2.29. The number of aromatic amines is 1. The molecule has 0 saturated heterocycles. The molecule has 0 amide bonds. The molecule has 0 atom stereocenters. The molecule has 0 spiro atoms. The summed E-state index contributed by atoms with van der Waals surface area (Å²) in [6.07, 6.45) is 1.69. The molecule has 0 bridgehead atoms. The van der Waals surface area contributed by atoms with Gasteiger partial charge in [0, 0.05) is 29.1 Å². The van der Waals surface area contributed by atoms with Gasteiger partial charge in [-0.05, 0) is 13.0 Å². The third-order valence-electron chi connectivity index (χ3n) is 1.98. The SMILES string of the molecule is CC1=NCCSc2cc[nH]c(=O)c21. The summed E-state index contributed by atoms with van der Waals surface area (Å²) in [5.41, 5.74) is 1.56. The van der Waals surface area contributed by atoms with Gasteiger partial charge in [0.05, 0.1) is 5.56 Å². The Balaban J connectivity index is 2.67. The van der Waals surface area contributed by atoms with Crippen LogP contribution in [0.4, 0.5) is 0 Å². The predicted octanol–water partition coefficient (Wildman–Crippen LogP) is 1.29. The summed E-state index contributed by atoms with van der Waals surface area (Å²) in [5.74, 6) is 0.952. The van der Waals surface area contributed by atoms with Gasteiger partial charge in [-0.2, -0.15) is 0 Å². The van der Waals surface area contributed by atoms with Gasteiger partial charge in [-0.15, -0.1) is 11.8 Å². The number of pyridine rings is 1. The smallest absolute Gasteiger partial charge is 0.258 e. The number of hydrogen-bond acceptors (Lipinski definition) is 3. The maximum atomic E-state index is 11.5. The normalized spacial score (nSPS) is 15.9. The number of nitrogens with one attached hydrogen (secondary N) is 1. The Bertz CT molecular complexity index is 408. The monoisotopic (exact) mass is 194 g/mol.